The van der Waals surface area contributed by atoms with Crippen molar-refractivity contribution in [2.75, 3.05) is 25.5 Å². The van der Waals surface area contributed by atoms with Crippen molar-refractivity contribution in [1.82, 2.24) is 14.9 Å². The number of aromatic nitrogens is 2. The smallest absolute Gasteiger partial charge is 0.373 e. The van der Waals surface area contributed by atoms with Crippen molar-refractivity contribution in [2.45, 2.75) is 32.5 Å². The van der Waals surface area contributed by atoms with Crippen LogP contribution in [0.15, 0.2) is 6.07 Å². The number of hydrogen-bond donors (Lipinski definition) is 1. The van der Waals surface area contributed by atoms with Crippen LogP contribution in [0.1, 0.15) is 24.4 Å². The van der Waals surface area contributed by atoms with Gasteiger partial charge in [0.25, 0.3) is 0 Å². The van der Waals surface area contributed by atoms with E-state index in [0.29, 0.717) is 31.2 Å². The van der Waals surface area contributed by atoms with Crippen LogP contribution in [-0.4, -0.2) is 41.2 Å². The zero-order chi connectivity index (χ0) is 14.8. The lowest BCUT2D eigenvalue weighted by atomic mass is 9.97. The number of likely N-dealkylation sites (tertiary alicyclic amines) is 1. The zero-order valence-corrected chi connectivity index (χ0v) is 11.7. The third-order valence-corrected chi connectivity index (χ3v) is 3.49. The average Bonchev–Trinajstić information content (AvgIpc) is 2.37. The van der Waals surface area contributed by atoms with Crippen LogP contribution in [0.25, 0.3) is 0 Å². The molecule has 0 amide bonds. The summed E-state index contributed by atoms with van der Waals surface area (Å²) in [7, 11) is 1.76. The normalized spacial score (nSPS) is 20.9. The van der Waals surface area contributed by atoms with E-state index < -0.39 is 12.1 Å². The Morgan fingerprint density at radius 3 is 2.80 bits per heavy atom. The van der Waals surface area contributed by atoms with E-state index in [2.05, 4.69) is 15.3 Å². The first-order valence-corrected chi connectivity index (χ1v) is 6.70. The summed E-state index contributed by atoms with van der Waals surface area (Å²) in [4.78, 5) is 10.4. The molecule has 7 heteroatoms. The fourth-order valence-electron chi connectivity index (χ4n) is 2.50. The van der Waals surface area contributed by atoms with Crippen LogP contribution in [0.5, 0.6) is 0 Å². The van der Waals surface area contributed by atoms with Crippen molar-refractivity contribution in [3.05, 3.63) is 17.6 Å². The molecule has 0 saturated carbocycles. The predicted octanol–water partition coefficient (Wildman–Crippen LogP) is 2.60. The number of aryl methyl sites for hydroxylation is 1. The van der Waals surface area contributed by atoms with E-state index in [-0.39, 0.29) is 13.0 Å². The summed E-state index contributed by atoms with van der Waals surface area (Å²) in [6.45, 7) is 2.91. The molecule has 0 bridgehead atoms. The maximum atomic E-state index is 12.8. The number of anilines is 1. The van der Waals surface area contributed by atoms with Crippen LogP contribution in [0.4, 0.5) is 19.0 Å². The third kappa shape index (κ3) is 3.82. The molecule has 1 aromatic rings. The molecule has 1 aliphatic rings. The van der Waals surface area contributed by atoms with Crippen molar-refractivity contribution in [1.29, 1.82) is 0 Å². The number of nitrogens with one attached hydrogen (secondary N) is 1. The highest BCUT2D eigenvalue weighted by Crippen LogP contribution is 2.33. The second kappa shape index (κ2) is 5.95. The molecule has 0 spiro atoms. The van der Waals surface area contributed by atoms with E-state index in [9.17, 15) is 13.2 Å². The summed E-state index contributed by atoms with van der Waals surface area (Å²) in [6.07, 6.45) is -3.33. The number of piperidine rings is 1. The Balaban J connectivity index is 2.04. The van der Waals surface area contributed by atoms with Gasteiger partial charge >= 0.3 is 6.18 Å². The largest absolute Gasteiger partial charge is 0.393 e. The van der Waals surface area contributed by atoms with Crippen LogP contribution in [-0.2, 0) is 6.54 Å². The molecule has 1 aromatic heterocycles. The highest BCUT2D eigenvalue weighted by Gasteiger charge is 2.41. The zero-order valence-electron chi connectivity index (χ0n) is 11.7. The van der Waals surface area contributed by atoms with Gasteiger partial charge in [0, 0.05) is 25.4 Å². The monoisotopic (exact) mass is 288 g/mol. The lowest BCUT2D eigenvalue weighted by molar-refractivity contribution is -0.187. The van der Waals surface area contributed by atoms with Crippen molar-refractivity contribution >= 4 is 5.82 Å². The summed E-state index contributed by atoms with van der Waals surface area (Å²) >= 11 is 0. The molecule has 0 aromatic carbocycles. The summed E-state index contributed by atoms with van der Waals surface area (Å²) in [5.41, 5.74) is 0.809. The van der Waals surface area contributed by atoms with Gasteiger partial charge in [-0.1, -0.05) is 0 Å². The third-order valence-electron chi connectivity index (χ3n) is 3.49. The average molecular weight is 288 g/mol. The van der Waals surface area contributed by atoms with Crippen molar-refractivity contribution in [3.8, 4) is 0 Å². The van der Waals surface area contributed by atoms with Crippen molar-refractivity contribution in [3.63, 3.8) is 0 Å². The Kier molecular flexibility index (Phi) is 4.47. The quantitative estimate of drug-likeness (QED) is 0.928. The van der Waals surface area contributed by atoms with Crippen LogP contribution in [0.2, 0.25) is 0 Å². The summed E-state index contributed by atoms with van der Waals surface area (Å²) < 4.78 is 38.3. The summed E-state index contributed by atoms with van der Waals surface area (Å²) in [5.74, 6) is 0.0267. The SMILES string of the molecule is CNc1cc(C)nc(CN2CCCC(C(F)(F)F)C2)n1. The van der Waals surface area contributed by atoms with E-state index in [1.165, 1.54) is 0 Å². The van der Waals surface area contributed by atoms with E-state index in [4.69, 9.17) is 0 Å². The van der Waals surface area contributed by atoms with Crippen LogP contribution in [0.3, 0.4) is 0 Å². The van der Waals surface area contributed by atoms with Gasteiger partial charge in [-0.25, -0.2) is 9.97 Å². The molecule has 112 valence electrons. The number of hydrogen-bond acceptors (Lipinski definition) is 4. The Labute approximate surface area is 116 Å². The summed E-state index contributed by atoms with van der Waals surface area (Å²) in [5, 5.41) is 2.93. The molecule has 4 nitrogen and oxygen atoms in total. The van der Waals surface area contributed by atoms with Gasteiger partial charge in [-0.3, -0.25) is 4.90 Å². The van der Waals surface area contributed by atoms with E-state index >= 15 is 0 Å². The molecular formula is C13H19F3N4. The van der Waals surface area contributed by atoms with E-state index in [0.717, 1.165) is 5.69 Å². The minimum Gasteiger partial charge on any atom is -0.373 e. The Morgan fingerprint density at radius 2 is 2.15 bits per heavy atom. The lowest BCUT2D eigenvalue weighted by Gasteiger charge is -2.33. The second-order valence-electron chi connectivity index (χ2n) is 5.18. The van der Waals surface area contributed by atoms with E-state index in [1.807, 2.05) is 6.92 Å². The Bertz CT molecular complexity index is 461. The molecule has 2 heterocycles. The van der Waals surface area contributed by atoms with Gasteiger partial charge in [-0.05, 0) is 26.3 Å². The molecular weight excluding hydrogens is 269 g/mol. The maximum Gasteiger partial charge on any atom is 0.393 e. The van der Waals surface area contributed by atoms with Crippen molar-refractivity contribution < 1.29 is 13.2 Å². The Morgan fingerprint density at radius 1 is 1.40 bits per heavy atom. The first-order valence-electron chi connectivity index (χ1n) is 6.70. The number of alkyl halides is 3. The Hall–Kier alpha value is -1.37. The maximum absolute atomic E-state index is 12.8. The van der Waals surface area contributed by atoms with Gasteiger partial charge in [0.1, 0.15) is 11.6 Å². The highest BCUT2D eigenvalue weighted by molar-refractivity contribution is 5.34. The fourth-order valence-corrected chi connectivity index (χ4v) is 2.50. The fraction of sp³-hybridized carbons (Fsp3) is 0.692. The number of rotatable bonds is 3. The van der Waals surface area contributed by atoms with E-state index in [1.54, 1.807) is 18.0 Å². The topological polar surface area (TPSA) is 41.1 Å². The summed E-state index contributed by atoms with van der Waals surface area (Å²) in [6, 6.07) is 1.80. The molecule has 1 atom stereocenters. The minimum atomic E-state index is -4.11. The highest BCUT2D eigenvalue weighted by atomic mass is 19.4. The molecule has 0 aliphatic carbocycles. The number of halogens is 3. The standard InChI is InChI=1S/C13H19F3N4/c1-9-6-11(17-2)19-12(18-9)8-20-5-3-4-10(7-20)13(14,15)16/h6,10H,3-5,7-8H2,1-2H3,(H,17,18,19). The van der Waals surface area contributed by atoms with Crippen molar-refractivity contribution in [2.24, 2.45) is 5.92 Å². The first-order chi connectivity index (χ1) is 9.38. The van der Waals surface area contributed by atoms with Crippen LogP contribution >= 0.6 is 0 Å². The number of nitrogens with zero attached hydrogens (tertiary/aromatic N) is 3. The second-order valence-corrected chi connectivity index (χ2v) is 5.18. The van der Waals surface area contributed by atoms with Gasteiger partial charge in [0.2, 0.25) is 0 Å². The molecule has 20 heavy (non-hydrogen) atoms. The molecule has 1 N–H and O–H groups in total. The lowest BCUT2D eigenvalue weighted by Crippen LogP contribution is -2.41. The molecule has 1 unspecified atom stereocenters. The molecule has 1 aliphatic heterocycles. The van der Waals surface area contributed by atoms with Crippen LogP contribution in [0, 0.1) is 12.8 Å². The minimum absolute atomic E-state index is 0.0374. The molecule has 1 saturated heterocycles. The molecule has 2 rings (SSSR count). The van der Waals surface area contributed by atoms with Gasteiger partial charge in [-0.15, -0.1) is 0 Å². The van der Waals surface area contributed by atoms with Crippen LogP contribution < -0.4 is 5.32 Å². The van der Waals surface area contributed by atoms with Gasteiger partial charge in [-0.2, -0.15) is 13.2 Å². The first kappa shape index (κ1) is 15.0. The molecule has 0 radical (unpaired) electrons. The predicted molar refractivity (Wildman–Crippen MR) is 70.4 cm³/mol. The van der Waals surface area contributed by atoms with Gasteiger partial charge in [0.15, 0.2) is 0 Å². The van der Waals surface area contributed by atoms with Gasteiger partial charge < -0.3 is 5.32 Å². The molecule has 1 fully saturated rings. The van der Waals surface area contributed by atoms with Gasteiger partial charge in [0.05, 0.1) is 12.5 Å².